The molecule has 2 amide bonds. The predicted molar refractivity (Wildman–Crippen MR) is 104 cm³/mol. The van der Waals surface area contributed by atoms with Gasteiger partial charge in [0.15, 0.2) is 0 Å². The monoisotopic (exact) mass is 360 g/mol. The van der Waals surface area contributed by atoms with Crippen LogP contribution in [0.4, 0.5) is 4.79 Å². The largest absolute Gasteiger partial charge is 0.358 e. The molecule has 1 aromatic carbocycles. The molecule has 0 fully saturated rings. The van der Waals surface area contributed by atoms with Crippen LogP contribution in [0.3, 0.4) is 0 Å². The number of H-pyrrole nitrogens is 1. The second-order valence-corrected chi connectivity index (χ2v) is 6.23. The van der Waals surface area contributed by atoms with Crippen LogP contribution in [0.5, 0.6) is 0 Å². The van der Waals surface area contributed by atoms with Crippen molar-refractivity contribution in [3.63, 3.8) is 0 Å². The van der Waals surface area contributed by atoms with E-state index in [0.29, 0.717) is 13.1 Å². The first-order valence-electron chi connectivity index (χ1n) is 8.79. The molecule has 0 saturated carbocycles. The lowest BCUT2D eigenvalue weighted by atomic mass is 10.2. The zero-order valence-electron chi connectivity index (χ0n) is 14.7. The summed E-state index contributed by atoms with van der Waals surface area (Å²) in [6.45, 7) is 0.998. The van der Waals surface area contributed by atoms with Crippen molar-refractivity contribution in [2.45, 2.75) is 13.0 Å². The van der Waals surface area contributed by atoms with Gasteiger partial charge in [-0.05, 0) is 35.2 Å². The van der Waals surface area contributed by atoms with E-state index in [1.54, 1.807) is 18.7 Å². The third-order valence-corrected chi connectivity index (χ3v) is 4.30. The standard InChI is InChI=1S/C20H20N6O/c27-20(23-8-6-17-12-16-3-1-2-4-18(16)25-17)24-13-15-5-7-22-19(11-15)26-10-9-21-14-26/h1-5,7,9-12,14,25H,6,8,13H2,(H2,23,24,27). The first kappa shape index (κ1) is 16.8. The number of pyridine rings is 1. The van der Waals surface area contributed by atoms with E-state index in [4.69, 9.17) is 0 Å². The van der Waals surface area contributed by atoms with Crippen LogP contribution < -0.4 is 10.6 Å². The molecule has 0 saturated heterocycles. The lowest BCUT2D eigenvalue weighted by molar-refractivity contribution is 0.240. The number of carbonyl (C=O) groups excluding carboxylic acids is 1. The van der Waals surface area contributed by atoms with Crippen LogP contribution in [-0.4, -0.2) is 32.1 Å². The minimum atomic E-state index is -0.188. The van der Waals surface area contributed by atoms with Crippen LogP contribution in [0.25, 0.3) is 16.7 Å². The van der Waals surface area contributed by atoms with Crippen molar-refractivity contribution in [3.8, 4) is 5.82 Å². The smallest absolute Gasteiger partial charge is 0.315 e. The Labute approximate surface area is 156 Å². The average Bonchev–Trinajstić information content (AvgIpc) is 3.36. The summed E-state index contributed by atoms with van der Waals surface area (Å²) >= 11 is 0. The molecule has 0 atom stereocenters. The maximum atomic E-state index is 12.0. The molecule has 0 spiro atoms. The van der Waals surface area contributed by atoms with Crippen molar-refractivity contribution in [2.24, 2.45) is 0 Å². The molecule has 136 valence electrons. The van der Waals surface area contributed by atoms with E-state index < -0.39 is 0 Å². The van der Waals surface area contributed by atoms with Gasteiger partial charge in [0.05, 0.1) is 0 Å². The van der Waals surface area contributed by atoms with Crippen LogP contribution in [-0.2, 0) is 13.0 Å². The Kier molecular flexibility index (Phi) is 4.82. The van der Waals surface area contributed by atoms with Gasteiger partial charge in [-0.3, -0.25) is 4.57 Å². The number of fused-ring (bicyclic) bond motifs is 1. The number of rotatable bonds is 6. The number of aromatic amines is 1. The highest BCUT2D eigenvalue weighted by Gasteiger charge is 2.04. The number of hydrogen-bond acceptors (Lipinski definition) is 3. The SMILES string of the molecule is O=C(NCCc1cc2ccccc2[nH]1)NCc1ccnc(-n2ccnc2)c1. The van der Waals surface area contributed by atoms with Crippen LogP contribution in [0.15, 0.2) is 67.4 Å². The van der Waals surface area contributed by atoms with Gasteiger partial charge in [-0.25, -0.2) is 14.8 Å². The molecule has 3 aromatic heterocycles. The Morgan fingerprint density at radius 3 is 2.89 bits per heavy atom. The highest BCUT2D eigenvalue weighted by Crippen LogP contribution is 2.14. The summed E-state index contributed by atoms with van der Waals surface area (Å²) in [6.07, 6.45) is 7.70. The Bertz CT molecular complexity index is 1000. The quantitative estimate of drug-likeness (QED) is 0.494. The van der Waals surface area contributed by atoms with E-state index in [-0.39, 0.29) is 6.03 Å². The highest BCUT2D eigenvalue weighted by atomic mass is 16.2. The van der Waals surface area contributed by atoms with Crippen LogP contribution in [0.1, 0.15) is 11.3 Å². The highest BCUT2D eigenvalue weighted by molar-refractivity contribution is 5.80. The molecular formula is C20H20N6O. The molecular weight excluding hydrogens is 340 g/mol. The number of amides is 2. The summed E-state index contributed by atoms with van der Waals surface area (Å²) in [6, 6.07) is 13.9. The van der Waals surface area contributed by atoms with Crippen molar-refractivity contribution in [3.05, 3.63) is 78.6 Å². The minimum Gasteiger partial charge on any atom is -0.358 e. The Hall–Kier alpha value is -3.61. The van der Waals surface area contributed by atoms with Gasteiger partial charge < -0.3 is 15.6 Å². The molecule has 4 rings (SSSR count). The second-order valence-electron chi connectivity index (χ2n) is 6.23. The van der Waals surface area contributed by atoms with E-state index in [1.165, 1.54) is 5.39 Å². The molecule has 0 radical (unpaired) electrons. The third-order valence-electron chi connectivity index (χ3n) is 4.30. The summed E-state index contributed by atoms with van der Waals surface area (Å²) < 4.78 is 1.82. The van der Waals surface area contributed by atoms with Crippen molar-refractivity contribution >= 4 is 16.9 Å². The normalized spacial score (nSPS) is 10.8. The molecule has 3 N–H and O–H groups in total. The molecule has 4 aromatic rings. The summed E-state index contributed by atoms with van der Waals surface area (Å²) in [4.78, 5) is 23.7. The fourth-order valence-corrected chi connectivity index (χ4v) is 2.93. The van der Waals surface area contributed by atoms with Crippen molar-refractivity contribution < 1.29 is 4.79 Å². The summed E-state index contributed by atoms with van der Waals surface area (Å²) in [7, 11) is 0. The zero-order valence-corrected chi connectivity index (χ0v) is 14.7. The molecule has 7 heteroatoms. The van der Waals surface area contributed by atoms with Gasteiger partial charge in [0.1, 0.15) is 12.1 Å². The van der Waals surface area contributed by atoms with Gasteiger partial charge in [-0.15, -0.1) is 0 Å². The van der Waals surface area contributed by atoms with Gasteiger partial charge in [0.25, 0.3) is 0 Å². The Morgan fingerprint density at radius 1 is 1.11 bits per heavy atom. The number of aromatic nitrogens is 4. The zero-order chi connectivity index (χ0) is 18.5. The number of urea groups is 1. The molecule has 3 heterocycles. The van der Waals surface area contributed by atoms with Gasteiger partial charge in [0, 0.05) is 49.3 Å². The van der Waals surface area contributed by atoms with E-state index in [1.807, 2.05) is 41.1 Å². The van der Waals surface area contributed by atoms with E-state index in [0.717, 1.165) is 29.0 Å². The van der Waals surface area contributed by atoms with Crippen molar-refractivity contribution in [2.75, 3.05) is 6.54 Å². The molecule has 0 unspecified atom stereocenters. The average molecular weight is 360 g/mol. The number of benzene rings is 1. The molecule has 27 heavy (non-hydrogen) atoms. The van der Waals surface area contributed by atoms with Crippen molar-refractivity contribution in [1.29, 1.82) is 0 Å². The van der Waals surface area contributed by atoms with Crippen molar-refractivity contribution in [1.82, 2.24) is 30.2 Å². The number of imidazole rings is 1. The third kappa shape index (κ3) is 4.14. The number of nitrogens with one attached hydrogen (secondary N) is 3. The first-order valence-corrected chi connectivity index (χ1v) is 8.79. The van der Waals surface area contributed by atoms with E-state index >= 15 is 0 Å². The number of carbonyl (C=O) groups is 1. The molecule has 0 aliphatic heterocycles. The molecule has 0 aliphatic rings. The summed E-state index contributed by atoms with van der Waals surface area (Å²) in [5.41, 5.74) is 3.19. The molecule has 7 nitrogen and oxygen atoms in total. The van der Waals surface area contributed by atoms with E-state index in [2.05, 4.69) is 37.7 Å². The van der Waals surface area contributed by atoms with Gasteiger partial charge in [-0.1, -0.05) is 18.2 Å². The first-order chi connectivity index (χ1) is 13.3. The maximum Gasteiger partial charge on any atom is 0.315 e. The fraction of sp³-hybridized carbons (Fsp3) is 0.150. The van der Waals surface area contributed by atoms with Crippen LogP contribution in [0.2, 0.25) is 0 Å². The van der Waals surface area contributed by atoms with Gasteiger partial charge >= 0.3 is 6.03 Å². The number of hydrogen-bond donors (Lipinski definition) is 3. The molecule has 0 bridgehead atoms. The number of nitrogens with zero attached hydrogens (tertiary/aromatic N) is 3. The lowest BCUT2D eigenvalue weighted by Gasteiger charge is -2.08. The number of para-hydroxylation sites is 1. The fourth-order valence-electron chi connectivity index (χ4n) is 2.93. The Morgan fingerprint density at radius 2 is 2.04 bits per heavy atom. The van der Waals surface area contributed by atoms with E-state index in [9.17, 15) is 4.79 Å². The maximum absolute atomic E-state index is 12.0. The molecule has 0 aliphatic carbocycles. The van der Waals surface area contributed by atoms with Crippen LogP contribution in [0, 0.1) is 0 Å². The van der Waals surface area contributed by atoms with Gasteiger partial charge in [0.2, 0.25) is 0 Å². The van der Waals surface area contributed by atoms with Gasteiger partial charge in [-0.2, -0.15) is 0 Å². The second kappa shape index (κ2) is 7.74. The van der Waals surface area contributed by atoms with Crippen LogP contribution >= 0.6 is 0 Å². The Balaban J connectivity index is 1.25. The minimum absolute atomic E-state index is 0.188. The summed E-state index contributed by atoms with van der Waals surface area (Å²) in [5.74, 6) is 0.769. The lowest BCUT2D eigenvalue weighted by Crippen LogP contribution is -2.36. The topological polar surface area (TPSA) is 87.6 Å². The summed E-state index contributed by atoms with van der Waals surface area (Å²) in [5, 5.41) is 6.94. The predicted octanol–water partition coefficient (Wildman–Crippen LogP) is 2.79.